The van der Waals surface area contributed by atoms with Crippen LogP contribution in [0, 0.1) is 0 Å². The zero-order chi connectivity index (χ0) is 29.2. The summed E-state index contributed by atoms with van der Waals surface area (Å²) in [5.41, 5.74) is 0.174. The fourth-order valence-corrected chi connectivity index (χ4v) is 2.74. The van der Waals surface area contributed by atoms with Gasteiger partial charge in [0.1, 0.15) is 23.1 Å². The summed E-state index contributed by atoms with van der Waals surface area (Å²) in [5, 5.41) is 0. The Kier molecular flexibility index (Phi) is 17.7. The van der Waals surface area contributed by atoms with Crippen LogP contribution in [0.1, 0.15) is 73.4 Å². The number of hydrogen-bond acceptors (Lipinski definition) is 6. The molecule has 0 aliphatic heterocycles. The van der Waals surface area contributed by atoms with Gasteiger partial charge in [-0.25, -0.2) is 0 Å². The first-order valence-electron chi connectivity index (χ1n) is 12.1. The molecule has 2 rings (SSSR count). The summed E-state index contributed by atoms with van der Waals surface area (Å²) >= 11 is 0. The number of benzene rings is 2. The second kappa shape index (κ2) is 18.1. The highest BCUT2D eigenvalue weighted by Gasteiger charge is 2.30. The molecule has 0 spiro atoms. The molecule has 0 aliphatic rings. The van der Waals surface area contributed by atoms with Crippen molar-refractivity contribution >= 4 is 39.7 Å². The first-order valence-corrected chi connectivity index (χ1v) is 12.1. The molecule has 0 bridgehead atoms. The first kappa shape index (κ1) is 36.0. The van der Waals surface area contributed by atoms with E-state index in [1.165, 1.54) is 20.8 Å². The molecule has 0 amide bonds. The molecular weight excluding hydrogens is 466 g/mol. The topological polar surface area (TPSA) is 86.7 Å². The predicted molar refractivity (Wildman–Crippen MR) is 151 cm³/mol. The normalized spacial score (nSPS) is 10.1. The molecule has 0 N–H and O–H groups in total. The maximum absolute atomic E-state index is 11.6. The lowest BCUT2D eigenvalue weighted by atomic mass is 9.81. The van der Waals surface area contributed by atoms with Gasteiger partial charge in [-0.2, -0.15) is 0 Å². The van der Waals surface area contributed by atoms with Crippen LogP contribution in [0.3, 0.4) is 0 Å². The number of carbonyl (C=O) groups is 4. The van der Waals surface area contributed by atoms with Crippen LogP contribution in [-0.2, 0) is 30.0 Å². The molecule has 0 atom stereocenters. The van der Waals surface area contributed by atoms with Crippen molar-refractivity contribution in [1.82, 2.24) is 0 Å². The zero-order valence-electron chi connectivity index (χ0n) is 23.7. The molecule has 0 aliphatic carbocycles. The van der Waals surface area contributed by atoms with E-state index in [0.717, 1.165) is 23.8 Å². The van der Waals surface area contributed by atoms with E-state index in [1.807, 2.05) is 53.7 Å². The molecule has 0 saturated carbocycles. The van der Waals surface area contributed by atoms with Gasteiger partial charge >= 0.3 is 5.97 Å². The molecule has 2 aromatic carbocycles. The number of ether oxygens (including phenoxy) is 2. The third-order valence-corrected chi connectivity index (χ3v) is 5.31. The number of carbonyl (C=O) groups excluding carboxylic acids is 4. The molecule has 8 heteroatoms. The van der Waals surface area contributed by atoms with E-state index in [2.05, 4.69) is 0 Å². The molecule has 0 heterocycles. The number of ketones is 2. The monoisotopic (exact) mass is 506 g/mol. The first-order chi connectivity index (χ1) is 17.2. The van der Waals surface area contributed by atoms with Crippen molar-refractivity contribution in [1.29, 1.82) is 0 Å². The number of para-hydroxylation sites is 2. The Bertz CT molecular complexity index is 997. The molecule has 0 aromatic heterocycles. The summed E-state index contributed by atoms with van der Waals surface area (Å²) in [6.07, 6.45) is 1.50. The van der Waals surface area contributed by atoms with Gasteiger partial charge in [0.15, 0.2) is 0 Å². The summed E-state index contributed by atoms with van der Waals surface area (Å²) in [4.78, 5) is 44.3. The fraction of sp³-hybridized carbons (Fsp3) is 0.448. The second-order valence-electron chi connectivity index (χ2n) is 8.98. The van der Waals surface area contributed by atoms with Crippen molar-refractivity contribution in [3.05, 3.63) is 59.7 Å². The van der Waals surface area contributed by atoms with Crippen LogP contribution in [-0.4, -0.2) is 39.7 Å². The highest BCUT2D eigenvalue weighted by atomic mass is 16.5. The van der Waals surface area contributed by atoms with Crippen LogP contribution in [0.25, 0.3) is 0 Å². The van der Waals surface area contributed by atoms with Gasteiger partial charge in [0.05, 0.1) is 26.5 Å². The number of Topliss-reactive ketones (excluding diaryl/α,β-unsaturated/α-hetero) is 2. The lowest BCUT2D eigenvalue weighted by Gasteiger charge is -2.23. The Labute approximate surface area is 225 Å². The minimum Gasteiger partial charge on any atom is -0.428 e. The number of rotatable bonds is 7. The van der Waals surface area contributed by atoms with Gasteiger partial charge in [0.25, 0.3) is 6.47 Å². The Morgan fingerprint density at radius 2 is 1.05 bits per heavy atom. The van der Waals surface area contributed by atoms with Gasteiger partial charge < -0.3 is 9.47 Å². The minimum atomic E-state index is -0.647. The van der Waals surface area contributed by atoms with Crippen LogP contribution >= 0.6 is 0 Å². The summed E-state index contributed by atoms with van der Waals surface area (Å²) in [6.45, 7) is 15.8. The van der Waals surface area contributed by atoms with Crippen molar-refractivity contribution in [2.75, 3.05) is 0 Å². The van der Waals surface area contributed by atoms with Crippen molar-refractivity contribution in [2.24, 2.45) is 0 Å². The van der Waals surface area contributed by atoms with Crippen molar-refractivity contribution in [3.8, 4) is 11.5 Å². The van der Waals surface area contributed by atoms with Crippen molar-refractivity contribution < 1.29 is 28.7 Å². The lowest BCUT2D eigenvalue weighted by Crippen LogP contribution is -2.27. The summed E-state index contributed by atoms with van der Waals surface area (Å²) in [5.74, 6) is 0.575. The Morgan fingerprint density at radius 1 is 0.730 bits per heavy atom. The SMILES string of the molecule is CC(=O)C(C)(C)c1ccccc1OC=O.CC(=O)Oc1ccccc1C(C)(C)C(C)=O.[B]CC.[B]CC. The maximum atomic E-state index is 11.6. The van der Waals surface area contributed by atoms with Gasteiger partial charge in [-0.1, -0.05) is 62.9 Å². The maximum Gasteiger partial charge on any atom is 0.308 e. The molecule has 0 fully saturated rings. The van der Waals surface area contributed by atoms with E-state index < -0.39 is 10.8 Å². The van der Waals surface area contributed by atoms with Crippen LogP contribution in [0.5, 0.6) is 11.5 Å². The van der Waals surface area contributed by atoms with Gasteiger partial charge in [0, 0.05) is 18.1 Å². The largest absolute Gasteiger partial charge is 0.428 e. The molecule has 4 radical (unpaired) electrons. The lowest BCUT2D eigenvalue weighted by molar-refractivity contribution is -0.132. The van der Waals surface area contributed by atoms with Gasteiger partial charge in [0.2, 0.25) is 0 Å². The highest BCUT2D eigenvalue weighted by molar-refractivity contribution is 6.08. The van der Waals surface area contributed by atoms with E-state index in [9.17, 15) is 19.2 Å². The molecular formula is C29H40B2O6. The van der Waals surface area contributed by atoms with E-state index >= 15 is 0 Å². The quantitative estimate of drug-likeness (QED) is 0.206. The second-order valence-corrected chi connectivity index (χ2v) is 8.98. The Morgan fingerprint density at radius 3 is 1.38 bits per heavy atom. The fourth-order valence-electron chi connectivity index (χ4n) is 2.74. The van der Waals surface area contributed by atoms with Crippen LogP contribution < -0.4 is 9.47 Å². The third kappa shape index (κ3) is 12.6. The van der Waals surface area contributed by atoms with Gasteiger partial charge in [-0.3, -0.25) is 19.2 Å². The molecule has 6 nitrogen and oxygen atoms in total. The van der Waals surface area contributed by atoms with Crippen LogP contribution in [0.15, 0.2) is 48.5 Å². The average molecular weight is 506 g/mol. The van der Waals surface area contributed by atoms with Crippen LogP contribution in [0.4, 0.5) is 0 Å². The summed E-state index contributed by atoms with van der Waals surface area (Å²) in [7, 11) is 9.69. The predicted octanol–water partition coefficient (Wildman–Crippen LogP) is 5.75. The summed E-state index contributed by atoms with van der Waals surface area (Å²) in [6, 6.07) is 14.1. The third-order valence-electron chi connectivity index (χ3n) is 5.31. The number of esters is 1. The van der Waals surface area contributed by atoms with E-state index in [-0.39, 0.29) is 17.5 Å². The molecule has 0 unspecified atom stereocenters. The molecule has 37 heavy (non-hydrogen) atoms. The Hall–Kier alpha value is -3.15. The number of hydrogen-bond donors (Lipinski definition) is 0. The van der Waals surface area contributed by atoms with E-state index in [4.69, 9.17) is 25.2 Å². The van der Waals surface area contributed by atoms with Crippen molar-refractivity contribution in [2.45, 2.75) is 85.8 Å². The van der Waals surface area contributed by atoms with Crippen LogP contribution in [0.2, 0.25) is 12.6 Å². The smallest absolute Gasteiger partial charge is 0.308 e. The molecule has 198 valence electrons. The van der Waals surface area contributed by atoms with Crippen molar-refractivity contribution in [3.63, 3.8) is 0 Å². The minimum absolute atomic E-state index is 0.0319. The summed E-state index contributed by atoms with van der Waals surface area (Å²) < 4.78 is 9.93. The Balaban J connectivity index is 0. The molecule has 2 aromatic rings. The average Bonchev–Trinajstić information content (AvgIpc) is 2.81. The zero-order valence-corrected chi connectivity index (χ0v) is 23.7. The van der Waals surface area contributed by atoms with E-state index in [1.54, 1.807) is 36.4 Å². The standard InChI is InChI=1S/C13H16O3.C12H14O3.2C2H5B/c1-9(14)13(3,4)11-7-5-6-8-12(11)16-10(2)15;1-9(14)12(2,3)10-6-4-5-7-11(10)15-8-13;2*1-2-3/h5-8H,1-4H3;4-8H,1-3H3;2*2H2,1H3. The van der Waals surface area contributed by atoms with Gasteiger partial charge in [-0.05, 0) is 53.7 Å². The molecule has 0 saturated heterocycles. The van der Waals surface area contributed by atoms with E-state index in [0.29, 0.717) is 18.0 Å². The van der Waals surface area contributed by atoms with Gasteiger partial charge in [-0.15, -0.1) is 0 Å². The highest BCUT2D eigenvalue weighted by Crippen LogP contribution is 2.33.